The van der Waals surface area contributed by atoms with E-state index in [1.165, 1.54) is 43.9 Å². The number of nitrogens with zero attached hydrogens (tertiary/aromatic N) is 3. The van der Waals surface area contributed by atoms with Gasteiger partial charge in [0.1, 0.15) is 0 Å². The van der Waals surface area contributed by atoms with E-state index in [1.54, 1.807) is 0 Å². The molecule has 1 atom stereocenters. The van der Waals surface area contributed by atoms with Crippen LogP contribution >= 0.6 is 11.8 Å². The Morgan fingerprint density at radius 3 is 2.39 bits per heavy atom. The van der Waals surface area contributed by atoms with Gasteiger partial charge in [-0.2, -0.15) is 11.8 Å². The Kier molecular flexibility index (Phi) is 6.66. The summed E-state index contributed by atoms with van der Waals surface area (Å²) in [5.41, 5.74) is 0. The van der Waals surface area contributed by atoms with Crippen LogP contribution in [0.25, 0.3) is 0 Å². The highest BCUT2D eigenvalue weighted by atomic mass is 32.2. The maximum Gasteiger partial charge on any atom is 0.222 e. The topological polar surface area (TPSA) is 26.8 Å². The molecule has 0 aliphatic carbocycles. The zero-order valence-corrected chi connectivity index (χ0v) is 15.5. The molecule has 0 bridgehead atoms. The molecule has 0 aromatic heterocycles. The first-order valence-electron chi connectivity index (χ1n) is 9.58. The van der Waals surface area contributed by atoms with E-state index in [1.807, 2.05) is 0 Å². The fraction of sp³-hybridized carbons (Fsp3) is 0.944. The van der Waals surface area contributed by atoms with E-state index in [9.17, 15) is 4.79 Å². The minimum absolute atomic E-state index is 0.398. The van der Waals surface area contributed by atoms with Crippen LogP contribution < -0.4 is 0 Å². The molecule has 0 N–H and O–H groups in total. The summed E-state index contributed by atoms with van der Waals surface area (Å²) in [6, 6.07) is 0.845. The van der Waals surface area contributed by atoms with Crippen molar-refractivity contribution in [1.29, 1.82) is 0 Å². The van der Waals surface area contributed by atoms with Crippen molar-refractivity contribution in [3.63, 3.8) is 0 Å². The molecule has 0 aromatic rings. The molecule has 0 saturated carbocycles. The quantitative estimate of drug-likeness (QED) is 0.767. The fourth-order valence-corrected chi connectivity index (χ4v) is 5.47. The predicted octanol–water partition coefficient (Wildman–Crippen LogP) is 2.15. The number of rotatable bonds is 5. The Morgan fingerprint density at radius 2 is 1.78 bits per heavy atom. The maximum absolute atomic E-state index is 12.4. The zero-order chi connectivity index (χ0) is 16.1. The van der Waals surface area contributed by atoms with Gasteiger partial charge in [-0.3, -0.25) is 9.69 Å². The van der Waals surface area contributed by atoms with Crippen molar-refractivity contribution in [2.24, 2.45) is 5.92 Å². The van der Waals surface area contributed by atoms with Gasteiger partial charge in [0, 0.05) is 44.4 Å². The van der Waals surface area contributed by atoms with Gasteiger partial charge in [-0.05, 0) is 57.0 Å². The van der Waals surface area contributed by atoms with Gasteiger partial charge < -0.3 is 9.80 Å². The van der Waals surface area contributed by atoms with Crippen molar-refractivity contribution in [2.75, 3.05) is 57.3 Å². The van der Waals surface area contributed by atoms with Crippen LogP contribution in [0.2, 0.25) is 0 Å². The Bertz CT molecular complexity index is 370. The summed E-state index contributed by atoms with van der Waals surface area (Å²) >= 11 is 2.11. The van der Waals surface area contributed by atoms with Crippen molar-refractivity contribution < 1.29 is 4.79 Å². The van der Waals surface area contributed by atoms with Crippen LogP contribution in [-0.2, 0) is 4.79 Å². The maximum atomic E-state index is 12.4. The van der Waals surface area contributed by atoms with Crippen LogP contribution in [0.5, 0.6) is 0 Å². The molecule has 23 heavy (non-hydrogen) atoms. The van der Waals surface area contributed by atoms with Crippen molar-refractivity contribution >= 4 is 17.7 Å². The highest BCUT2D eigenvalue weighted by molar-refractivity contribution is 7.99. The van der Waals surface area contributed by atoms with Crippen molar-refractivity contribution in [3.8, 4) is 0 Å². The Hall–Kier alpha value is -0.260. The number of hydrogen-bond acceptors (Lipinski definition) is 4. The van der Waals surface area contributed by atoms with Crippen LogP contribution in [0, 0.1) is 5.92 Å². The molecule has 3 fully saturated rings. The highest BCUT2D eigenvalue weighted by Gasteiger charge is 2.28. The van der Waals surface area contributed by atoms with E-state index in [2.05, 4.69) is 33.4 Å². The lowest BCUT2D eigenvalue weighted by Gasteiger charge is -2.36. The largest absolute Gasteiger partial charge is 0.340 e. The van der Waals surface area contributed by atoms with Gasteiger partial charge in [-0.1, -0.05) is 6.92 Å². The summed E-state index contributed by atoms with van der Waals surface area (Å²) in [7, 11) is 0. The molecular formula is C18H33N3OS. The normalized spacial score (nSPS) is 28.4. The monoisotopic (exact) mass is 339 g/mol. The minimum Gasteiger partial charge on any atom is -0.340 e. The number of piperazine rings is 1. The van der Waals surface area contributed by atoms with Crippen LogP contribution in [0.15, 0.2) is 0 Å². The molecule has 0 spiro atoms. The second-order valence-corrected chi connectivity index (χ2v) is 8.50. The Balaban J connectivity index is 1.32. The third kappa shape index (κ3) is 4.86. The highest BCUT2D eigenvalue weighted by Crippen LogP contribution is 2.28. The first-order chi connectivity index (χ1) is 11.3. The molecule has 3 rings (SSSR count). The molecule has 3 heterocycles. The third-order valence-electron chi connectivity index (χ3n) is 6.01. The average molecular weight is 340 g/mol. The van der Waals surface area contributed by atoms with Gasteiger partial charge in [0.25, 0.3) is 0 Å². The molecule has 1 unspecified atom stereocenters. The number of amides is 1. The lowest BCUT2D eigenvalue weighted by Crippen LogP contribution is -2.48. The van der Waals surface area contributed by atoms with E-state index in [0.29, 0.717) is 5.91 Å². The van der Waals surface area contributed by atoms with Crippen LogP contribution in [0.1, 0.15) is 39.0 Å². The van der Waals surface area contributed by atoms with Gasteiger partial charge in [0.2, 0.25) is 5.91 Å². The molecule has 0 aromatic carbocycles. The number of carbonyl (C=O) groups is 1. The number of likely N-dealkylation sites (tertiary alicyclic amines) is 1. The summed E-state index contributed by atoms with van der Waals surface area (Å²) in [5.74, 6) is 3.87. The molecule has 1 amide bonds. The van der Waals surface area contributed by atoms with Gasteiger partial charge in [-0.15, -0.1) is 0 Å². The SMILES string of the molecule is CCN1CCN(C(=O)CCC2CCN(C3CCSC3)CC2)CC1. The Labute approximate surface area is 145 Å². The van der Waals surface area contributed by atoms with Crippen LogP contribution in [-0.4, -0.2) is 84.0 Å². The number of carbonyl (C=O) groups excluding carboxylic acids is 1. The summed E-state index contributed by atoms with van der Waals surface area (Å²) < 4.78 is 0. The lowest BCUT2D eigenvalue weighted by atomic mass is 9.91. The molecule has 0 radical (unpaired) electrons. The standard InChI is InChI=1S/C18H33N3OS/c1-2-19-10-12-21(13-11-19)18(22)4-3-16-5-8-20(9-6-16)17-7-14-23-15-17/h16-17H,2-15H2,1H3. The number of hydrogen-bond donors (Lipinski definition) is 0. The molecule has 132 valence electrons. The zero-order valence-electron chi connectivity index (χ0n) is 14.7. The molecule has 3 aliphatic rings. The van der Waals surface area contributed by atoms with Crippen LogP contribution in [0.4, 0.5) is 0 Å². The summed E-state index contributed by atoms with van der Waals surface area (Å²) in [4.78, 5) is 19.6. The second kappa shape index (κ2) is 8.72. The van der Waals surface area contributed by atoms with Gasteiger partial charge in [0.15, 0.2) is 0 Å². The second-order valence-electron chi connectivity index (χ2n) is 7.35. The number of likely N-dealkylation sites (N-methyl/N-ethyl adjacent to an activating group) is 1. The van der Waals surface area contributed by atoms with E-state index < -0.39 is 0 Å². The fourth-order valence-electron chi connectivity index (χ4n) is 4.22. The summed E-state index contributed by atoms with van der Waals surface area (Å²) in [6.07, 6.45) is 5.88. The first kappa shape index (κ1) is 17.6. The van der Waals surface area contributed by atoms with Crippen molar-refractivity contribution in [3.05, 3.63) is 0 Å². The molecule has 3 saturated heterocycles. The van der Waals surface area contributed by atoms with Gasteiger partial charge in [-0.25, -0.2) is 0 Å². The van der Waals surface area contributed by atoms with E-state index in [-0.39, 0.29) is 0 Å². The van der Waals surface area contributed by atoms with Crippen molar-refractivity contribution in [1.82, 2.24) is 14.7 Å². The summed E-state index contributed by atoms with van der Waals surface area (Å²) in [5, 5.41) is 0. The first-order valence-corrected chi connectivity index (χ1v) is 10.7. The smallest absolute Gasteiger partial charge is 0.222 e. The van der Waals surface area contributed by atoms with E-state index >= 15 is 0 Å². The van der Waals surface area contributed by atoms with Gasteiger partial charge >= 0.3 is 0 Å². The molecule has 5 heteroatoms. The van der Waals surface area contributed by atoms with E-state index in [4.69, 9.17) is 0 Å². The number of piperidine rings is 1. The Morgan fingerprint density at radius 1 is 1.04 bits per heavy atom. The van der Waals surface area contributed by atoms with Crippen molar-refractivity contribution in [2.45, 2.75) is 45.1 Å². The summed E-state index contributed by atoms with van der Waals surface area (Å²) in [6.45, 7) is 9.82. The van der Waals surface area contributed by atoms with Crippen LogP contribution in [0.3, 0.4) is 0 Å². The average Bonchev–Trinajstić information content (AvgIpc) is 3.15. The molecule has 4 nitrogen and oxygen atoms in total. The minimum atomic E-state index is 0.398. The number of thioether (sulfide) groups is 1. The van der Waals surface area contributed by atoms with Gasteiger partial charge in [0.05, 0.1) is 0 Å². The molecular weight excluding hydrogens is 306 g/mol. The lowest BCUT2D eigenvalue weighted by molar-refractivity contribution is -0.133. The van der Waals surface area contributed by atoms with E-state index in [0.717, 1.165) is 57.5 Å². The predicted molar refractivity (Wildman–Crippen MR) is 98.0 cm³/mol. The molecule has 3 aliphatic heterocycles. The third-order valence-corrected chi connectivity index (χ3v) is 7.15.